The van der Waals surface area contributed by atoms with Crippen molar-refractivity contribution in [2.24, 2.45) is 5.41 Å². The van der Waals surface area contributed by atoms with Crippen molar-refractivity contribution < 1.29 is 18.7 Å². The zero-order valence-corrected chi connectivity index (χ0v) is 21.9. The molecule has 6 nitrogen and oxygen atoms in total. The van der Waals surface area contributed by atoms with E-state index in [2.05, 4.69) is 23.5 Å². The molecule has 0 fully saturated rings. The number of amides is 2. The smallest absolute Gasteiger partial charge is 0.291 e. The first kappa shape index (κ1) is 25.3. The fraction of sp³-hybridized carbons (Fsp3) is 0.250. The van der Waals surface area contributed by atoms with Crippen LogP contribution in [-0.2, 0) is 17.8 Å². The molecule has 5 rings (SSSR count). The van der Waals surface area contributed by atoms with Gasteiger partial charge in [0.1, 0.15) is 18.1 Å². The van der Waals surface area contributed by atoms with Gasteiger partial charge in [-0.1, -0.05) is 75.4 Å². The van der Waals surface area contributed by atoms with Crippen molar-refractivity contribution in [2.75, 3.05) is 11.9 Å². The van der Waals surface area contributed by atoms with E-state index in [-0.39, 0.29) is 30.2 Å². The number of para-hydroxylation sites is 1. The molecular weight excluding hydrogens is 476 g/mol. The van der Waals surface area contributed by atoms with E-state index in [1.807, 2.05) is 86.3 Å². The lowest BCUT2D eigenvalue weighted by molar-refractivity contribution is -0.141. The van der Waals surface area contributed by atoms with Crippen molar-refractivity contribution in [1.82, 2.24) is 4.90 Å². The van der Waals surface area contributed by atoms with E-state index in [0.29, 0.717) is 23.7 Å². The molecule has 0 spiro atoms. The van der Waals surface area contributed by atoms with Crippen LogP contribution >= 0.6 is 0 Å². The van der Waals surface area contributed by atoms with Crippen molar-refractivity contribution in [1.29, 1.82) is 0 Å². The number of hydrogen-bond acceptors (Lipinski definition) is 4. The first-order chi connectivity index (χ1) is 18.3. The highest BCUT2D eigenvalue weighted by Crippen LogP contribution is 2.39. The summed E-state index contributed by atoms with van der Waals surface area (Å²) in [6.07, 6.45) is 0.791. The SMILES string of the molecule is CC(C)(C)C(=O)N1CCc2ccc(OCc3ccc(C(=O)Nc4ccccc4)o3)cc2[C@H]1c1ccccc1. The van der Waals surface area contributed by atoms with Crippen LogP contribution in [0.25, 0.3) is 0 Å². The molecule has 0 radical (unpaired) electrons. The molecule has 1 aliphatic heterocycles. The van der Waals surface area contributed by atoms with Gasteiger partial charge in [-0.3, -0.25) is 9.59 Å². The zero-order chi connectivity index (χ0) is 26.7. The molecule has 1 atom stereocenters. The van der Waals surface area contributed by atoms with Crippen molar-refractivity contribution >= 4 is 17.5 Å². The van der Waals surface area contributed by atoms with Crippen molar-refractivity contribution in [3.8, 4) is 5.75 Å². The highest BCUT2D eigenvalue weighted by Gasteiger charge is 2.37. The topological polar surface area (TPSA) is 71.8 Å². The van der Waals surface area contributed by atoms with Crippen LogP contribution in [0.15, 0.2) is 95.4 Å². The summed E-state index contributed by atoms with van der Waals surface area (Å²) in [7, 11) is 0. The van der Waals surface area contributed by atoms with Crippen LogP contribution in [0, 0.1) is 5.41 Å². The minimum absolute atomic E-state index is 0.125. The van der Waals surface area contributed by atoms with E-state index in [1.165, 1.54) is 5.56 Å². The molecule has 1 aromatic heterocycles. The number of hydrogen-bond donors (Lipinski definition) is 1. The van der Waals surface area contributed by atoms with Crippen molar-refractivity contribution in [3.63, 3.8) is 0 Å². The molecule has 194 valence electrons. The summed E-state index contributed by atoms with van der Waals surface area (Å²) >= 11 is 0. The lowest BCUT2D eigenvalue weighted by atomic mass is 9.85. The van der Waals surface area contributed by atoms with E-state index in [4.69, 9.17) is 9.15 Å². The average molecular weight is 509 g/mol. The summed E-state index contributed by atoms with van der Waals surface area (Å²) in [6, 6.07) is 28.6. The quantitative estimate of drug-likeness (QED) is 0.317. The van der Waals surface area contributed by atoms with Crippen LogP contribution in [0.2, 0.25) is 0 Å². The van der Waals surface area contributed by atoms with E-state index in [1.54, 1.807) is 12.1 Å². The van der Waals surface area contributed by atoms with Gasteiger partial charge in [-0.15, -0.1) is 0 Å². The summed E-state index contributed by atoms with van der Waals surface area (Å²) in [5.41, 5.74) is 3.57. The number of carbonyl (C=O) groups excluding carboxylic acids is 2. The van der Waals surface area contributed by atoms with E-state index >= 15 is 0 Å². The van der Waals surface area contributed by atoms with Gasteiger partial charge in [0, 0.05) is 17.6 Å². The Hall–Kier alpha value is -4.32. The lowest BCUT2D eigenvalue weighted by Gasteiger charge is -2.41. The Labute approximate surface area is 223 Å². The minimum atomic E-state index is -0.484. The van der Waals surface area contributed by atoms with Gasteiger partial charge in [0.2, 0.25) is 5.91 Å². The molecule has 1 N–H and O–H groups in total. The molecule has 0 bridgehead atoms. The molecule has 6 heteroatoms. The molecule has 2 amide bonds. The third-order valence-electron chi connectivity index (χ3n) is 6.66. The first-order valence-electron chi connectivity index (χ1n) is 12.9. The molecule has 0 aliphatic carbocycles. The van der Waals surface area contributed by atoms with Gasteiger partial charge in [0.05, 0.1) is 6.04 Å². The predicted molar refractivity (Wildman–Crippen MR) is 147 cm³/mol. The van der Waals surface area contributed by atoms with Crippen LogP contribution in [0.5, 0.6) is 5.75 Å². The molecule has 0 saturated carbocycles. The second kappa shape index (κ2) is 10.6. The highest BCUT2D eigenvalue weighted by atomic mass is 16.5. The lowest BCUT2D eigenvalue weighted by Crippen LogP contribution is -2.45. The summed E-state index contributed by atoms with van der Waals surface area (Å²) in [5, 5.41) is 2.82. The van der Waals surface area contributed by atoms with Gasteiger partial charge in [-0.05, 0) is 59.5 Å². The minimum Gasteiger partial charge on any atom is -0.486 e. The standard InChI is InChI=1S/C32H32N2O4/c1-32(2,3)31(36)34-19-18-22-14-15-25(20-27(22)29(34)23-10-6-4-7-11-23)37-21-26-16-17-28(38-26)30(35)33-24-12-8-5-9-13-24/h4-17,20,29H,18-19,21H2,1-3H3,(H,33,35)/t29-/m1/s1. The summed E-state index contributed by atoms with van der Waals surface area (Å²) in [4.78, 5) is 27.9. The third-order valence-corrected chi connectivity index (χ3v) is 6.66. The van der Waals surface area contributed by atoms with Crippen LogP contribution in [0.3, 0.4) is 0 Å². The molecule has 3 aromatic carbocycles. The van der Waals surface area contributed by atoms with Crippen molar-refractivity contribution in [3.05, 3.63) is 119 Å². The normalized spacial score (nSPS) is 15.0. The molecule has 1 aliphatic rings. The second-order valence-corrected chi connectivity index (χ2v) is 10.5. The zero-order valence-electron chi connectivity index (χ0n) is 21.9. The third kappa shape index (κ3) is 5.49. The van der Waals surface area contributed by atoms with Gasteiger partial charge in [0.15, 0.2) is 5.76 Å². The Kier molecular flexibility index (Phi) is 7.05. The Morgan fingerprint density at radius 2 is 1.66 bits per heavy atom. The maximum atomic E-state index is 13.4. The number of nitrogens with one attached hydrogen (secondary N) is 1. The van der Waals surface area contributed by atoms with Crippen LogP contribution in [0.1, 0.15) is 59.8 Å². The summed E-state index contributed by atoms with van der Waals surface area (Å²) < 4.78 is 11.8. The van der Waals surface area contributed by atoms with Crippen LogP contribution in [-0.4, -0.2) is 23.3 Å². The van der Waals surface area contributed by atoms with Gasteiger partial charge >= 0.3 is 0 Å². The Morgan fingerprint density at radius 3 is 2.37 bits per heavy atom. The molecule has 4 aromatic rings. The predicted octanol–water partition coefficient (Wildman–Crippen LogP) is 6.63. The number of ether oxygens (including phenoxy) is 1. The monoisotopic (exact) mass is 508 g/mol. The Balaban J connectivity index is 1.35. The van der Waals surface area contributed by atoms with Crippen LogP contribution < -0.4 is 10.1 Å². The largest absolute Gasteiger partial charge is 0.486 e. The average Bonchev–Trinajstić information content (AvgIpc) is 3.40. The molecule has 0 saturated heterocycles. The first-order valence-corrected chi connectivity index (χ1v) is 12.9. The van der Waals surface area contributed by atoms with Crippen molar-refractivity contribution in [2.45, 2.75) is 39.8 Å². The number of anilines is 1. The number of carbonyl (C=O) groups is 2. The Morgan fingerprint density at radius 1 is 0.947 bits per heavy atom. The molecule has 38 heavy (non-hydrogen) atoms. The van der Waals surface area contributed by atoms with E-state index < -0.39 is 5.41 Å². The summed E-state index contributed by atoms with van der Waals surface area (Å²) in [6.45, 7) is 6.74. The van der Waals surface area contributed by atoms with Gasteiger partial charge in [-0.25, -0.2) is 0 Å². The van der Waals surface area contributed by atoms with Gasteiger partial charge < -0.3 is 19.4 Å². The maximum Gasteiger partial charge on any atom is 0.291 e. The highest BCUT2D eigenvalue weighted by molar-refractivity contribution is 6.02. The van der Waals surface area contributed by atoms with Gasteiger partial charge in [-0.2, -0.15) is 0 Å². The fourth-order valence-corrected chi connectivity index (χ4v) is 4.77. The number of benzene rings is 3. The fourth-order valence-electron chi connectivity index (χ4n) is 4.77. The number of rotatable bonds is 6. The number of nitrogens with zero attached hydrogens (tertiary/aromatic N) is 1. The number of fused-ring (bicyclic) bond motifs is 1. The van der Waals surface area contributed by atoms with Gasteiger partial charge in [0.25, 0.3) is 5.91 Å². The second-order valence-electron chi connectivity index (χ2n) is 10.5. The molecule has 0 unspecified atom stereocenters. The molecular formula is C32H32N2O4. The number of furan rings is 1. The summed E-state index contributed by atoms with van der Waals surface area (Å²) in [5.74, 6) is 1.26. The Bertz CT molecular complexity index is 1420. The molecule has 2 heterocycles. The van der Waals surface area contributed by atoms with E-state index in [0.717, 1.165) is 17.5 Å². The maximum absolute atomic E-state index is 13.4. The van der Waals surface area contributed by atoms with E-state index in [9.17, 15) is 9.59 Å². The van der Waals surface area contributed by atoms with Crippen LogP contribution in [0.4, 0.5) is 5.69 Å².